The first-order valence-corrected chi connectivity index (χ1v) is 7.62. The number of primary amides is 1. The molecule has 22 heavy (non-hydrogen) atoms. The highest BCUT2D eigenvalue weighted by molar-refractivity contribution is 5.79. The number of hydrogen-bond donors (Lipinski definition) is 3. The average molecular weight is 304 g/mol. The van der Waals surface area contributed by atoms with Crippen LogP contribution >= 0.6 is 0 Å². The molecule has 1 aromatic carbocycles. The van der Waals surface area contributed by atoms with Crippen molar-refractivity contribution in [2.45, 2.75) is 38.3 Å². The van der Waals surface area contributed by atoms with Gasteiger partial charge < -0.3 is 21.7 Å². The van der Waals surface area contributed by atoms with Crippen LogP contribution in [0.5, 0.6) is 0 Å². The summed E-state index contributed by atoms with van der Waals surface area (Å²) < 4.78 is 0. The first-order valence-electron chi connectivity index (χ1n) is 7.62. The van der Waals surface area contributed by atoms with Crippen molar-refractivity contribution in [3.05, 3.63) is 35.4 Å². The van der Waals surface area contributed by atoms with Crippen LogP contribution in [-0.4, -0.2) is 36.0 Å². The summed E-state index contributed by atoms with van der Waals surface area (Å²) in [5.74, 6) is 0.0221. The molecule has 6 nitrogen and oxygen atoms in total. The molecule has 6 heteroatoms. The molecule has 2 rings (SSSR count). The van der Waals surface area contributed by atoms with Gasteiger partial charge in [-0.2, -0.15) is 0 Å². The van der Waals surface area contributed by atoms with Crippen LogP contribution in [0.2, 0.25) is 0 Å². The molecular formula is C16H24N4O2. The van der Waals surface area contributed by atoms with Gasteiger partial charge in [0, 0.05) is 19.1 Å². The Balaban J connectivity index is 2.08. The van der Waals surface area contributed by atoms with Crippen molar-refractivity contribution in [1.29, 1.82) is 0 Å². The van der Waals surface area contributed by atoms with E-state index in [2.05, 4.69) is 5.32 Å². The van der Waals surface area contributed by atoms with Crippen molar-refractivity contribution >= 4 is 11.9 Å². The number of benzene rings is 1. The van der Waals surface area contributed by atoms with Gasteiger partial charge >= 0.3 is 6.03 Å². The third-order valence-electron chi connectivity index (χ3n) is 4.15. The highest BCUT2D eigenvalue weighted by Crippen LogP contribution is 2.22. The Kier molecular flexibility index (Phi) is 5.38. The van der Waals surface area contributed by atoms with Gasteiger partial charge in [0.15, 0.2) is 0 Å². The van der Waals surface area contributed by atoms with E-state index in [0.717, 1.165) is 24.0 Å². The number of urea groups is 1. The molecule has 120 valence electrons. The largest absolute Gasteiger partial charge is 0.352 e. The maximum atomic E-state index is 12.5. The van der Waals surface area contributed by atoms with Gasteiger partial charge in [0.1, 0.15) is 0 Å². The molecule has 0 bridgehead atoms. The SMILES string of the molecule is Cc1ccccc1C(CC(=O)N1CCC(N)CC1)NC(N)=O. The molecule has 1 heterocycles. The molecule has 0 aliphatic carbocycles. The molecule has 1 aliphatic heterocycles. The summed E-state index contributed by atoms with van der Waals surface area (Å²) in [6.45, 7) is 3.31. The zero-order valence-corrected chi connectivity index (χ0v) is 12.9. The Morgan fingerprint density at radius 3 is 2.55 bits per heavy atom. The van der Waals surface area contributed by atoms with Gasteiger partial charge in [0.2, 0.25) is 5.91 Å². The third-order valence-corrected chi connectivity index (χ3v) is 4.15. The summed E-state index contributed by atoms with van der Waals surface area (Å²) in [7, 11) is 0. The number of carbonyl (C=O) groups is 2. The van der Waals surface area contributed by atoms with E-state index in [9.17, 15) is 9.59 Å². The van der Waals surface area contributed by atoms with Gasteiger partial charge in [-0.25, -0.2) is 4.79 Å². The predicted octanol–water partition coefficient (Wildman–Crippen LogP) is 1.04. The van der Waals surface area contributed by atoms with Crippen LogP contribution in [0.25, 0.3) is 0 Å². The second-order valence-electron chi connectivity index (χ2n) is 5.84. The number of nitrogens with two attached hydrogens (primary N) is 2. The summed E-state index contributed by atoms with van der Waals surface area (Å²) in [6, 6.07) is 6.84. The van der Waals surface area contributed by atoms with Gasteiger partial charge in [-0.1, -0.05) is 24.3 Å². The smallest absolute Gasteiger partial charge is 0.312 e. The molecule has 1 atom stereocenters. The zero-order chi connectivity index (χ0) is 16.1. The fourth-order valence-electron chi connectivity index (χ4n) is 2.84. The fraction of sp³-hybridized carbons (Fsp3) is 0.500. The van der Waals surface area contributed by atoms with Crippen molar-refractivity contribution in [1.82, 2.24) is 10.2 Å². The van der Waals surface area contributed by atoms with Crippen molar-refractivity contribution in [2.24, 2.45) is 11.5 Å². The summed E-state index contributed by atoms with van der Waals surface area (Å²) in [6.07, 6.45) is 1.86. The number of carbonyl (C=O) groups excluding carboxylic acids is 2. The standard InChI is InChI=1S/C16H24N4O2/c1-11-4-2-3-5-13(11)14(19-16(18)22)10-15(21)20-8-6-12(17)7-9-20/h2-5,12,14H,6-10,17H2,1H3,(H3,18,19,22). The molecular weight excluding hydrogens is 280 g/mol. The quantitative estimate of drug-likeness (QED) is 0.774. The number of nitrogens with zero attached hydrogens (tertiary/aromatic N) is 1. The van der Waals surface area contributed by atoms with E-state index in [0.29, 0.717) is 13.1 Å². The molecule has 1 saturated heterocycles. The van der Waals surface area contributed by atoms with Crippen LogP contribution in [-0.2, 0) is 4.79 Å². The molecule has 0 spiro atoms. The number of piperidine rings is 1. The van der Waals surface area contributed by atoms with Crippen LogP contribution in [0, 0.1) is 6.92 Å². The minimum Gasteiger partial charge on any atom is -0.352 e. The van der Waals surface area contributed by atoms with E-state index in [1.54, 1.807) is 0 Å². The molecule has 0 radical (unpaired) electrons. The monoisotopic (exact) mass is 304 g/mol. The Hall–Kier alpha value is -2.08. The van der Waals surface area contributed by atoms with E-state index < -0.39 is 12.1 Å². The number of aryl methyl sites for hydroxylation is 1. The minimum absolute atomic E-state index is 0.0221. The molecule has 0 aromatic heterocycles. The molecule has 1 aromatic rings. The summed E-state index contributed by atoms with van der Waals surface area (Å²) >= 11 is 0. The van der Waals surface area contributed by atoms with Crippen LogP contribution in [0.4, 0.5) is 4.79 Å². The minimum atomic E-state index is -0.623. The number of hydrogen-bond acceptors (Lipinski definition) is 3. The lowest BCUT2D eigenvalue weighted by Gasteiger charge is -2.31. The van der Waals surface area contributed by atoms with Crippen molar-refractivity contribution < 1.29 is 9.59 Å². The van der Waals surface area contributed by atoms with E-state index in [1.165, 1.54) is 0 Å². The summed E-state index contributed by atoms with van der Waals surface area (Å²) in [4.78, 5) is 25.6. The van der Waals surface area contributed by atoms with Crippen LogP contribution in [0.15, 0.2) is 24.3 Å². The van der Waals surface area contributed by atoms with E-state index in [1.807, 2.05) is 36.1 Å². The topological polar surface area (TPSA) is 101 Å². The van der Waals surface area contributed by atoms with Gasteiger partial charge in [0.05, 0.1) is 12.5 Å². The van der Waals surface area contributed by atoms with Crippen molar-refractivity contribution in [3.8, 4) is 0 Å². The van der Waals surface area contributed by atoms with Crippen LogP contribution in [0.1, 0.15) is 36.4 Å². The second kappa shape index (κ2) is 7.26. The lowest BCUT2D eigenvalue weighted by atomic mass is 9.97. The van der Waals surface area contributed by atoms with Crippen molar-refractivity contribution in [2.75, 3.05) is 13.1 Å². The Labute approximate surface area is 130 Å². The summed E-state index contributed by atoms with van der Waals surface area (Å²) in [5.41, 5.74) is 13.1. The van der Waals surface area contributed by atoms with E-state index in [-0.39, 0.29) is 18.4 Å². The highest BCUT2D eigenvalue weighted by Gasteiger charge is 2.25. The number of rotatable bonds is 4. The van der Waals surface area contributed by atoms with Crippen LogP contribution < -0.4 is 16.8 Å². The molecule has 0 saturated carbocycles. The van der Waals surface area contributed by atoms with Gasteiger partial charge in [-0.05, 0) is 30.9 Å². The van der Waals surface area contributed by atoms with Gasteiger partial charge in [-0.15, -0.1) is 0 Å². The Morgan fingerprint density at radius 1 is 1.32 bits per heavy atom. The third kappa shape index (κ3) is 4.21. The second-order valence-corrected chi connectivity index (χ2v) is 5.84. The zero-order valence-electron chi connectivity index (χ0n) is 12.9. The first kappa shape index (κ1) is 16.3. The molecule has 1 unspecified atom stereocenters. The lowest BCUT2D eigenvalue weighted by molar-refractivity contribution is -0.132. The van der Waals surface area contributed by atoms with Gasteiger partial charge in [-0.3, -0.25) is 4.79 Å². The van der Waals surface area contributed by atoms with E-state index in [4.69, 9.17) is 11.5 Å². The van der Waals surface area contributed by atoms with Crippen LogP contribution in [0.3, 0.4) is 0 Å². The molecule has 1 fully saturated rings. The number of amides is 3. The van der Waals surface area contributed by atoms with Gasteiger partial charge in [0.25, 0.3) is 0 Å². The molecule has 1 aliphatic rings. The maximum absolute atomic E-state index is 12.5. The maximum Gasteiger partial charge on any atom is 0.312 e. The number of likely N-dealkylation sites (tertiary alicyclic amines) is 1. The fourth-order valence-corrected chi connectivity index (χ4v) is 2.84. The van der Waals surface area contributed by atoms with Crippen molar-refractivity contribution in [3.63, 3.8) is 0 Å². The predicted molar refractivity (Wildman–Crippen MR) is 85.0 cm³/mol. The highest BCUT2D eigenvalue weighted by atomic mass is 16.2. The Bertz CT molecular complexity index is 539. The normalized spacial score (nSPS) is 17.1. The lowest BCUT2D eigenvalue weighted by Crippen LogP contribution is -2.44. The molecule has 5 N–H and O–H groups in total. The summed E-state index contributed by atoms with van der Waals surface area (Å²) in [5, 5.41) is 2.68. The van der Waals surface area contributed by atoms with E-state index >= 15 is 0 Å². The Morgan fingerprint density at radius 2 is 1.95 bits per heavy atom. The number of nitrogens with one attached hydrogen (secondary N) is 1. The average Bonchev–Trinajstić information content (AvgIpc) is 2.47. The molecule has 3 amide bonds. The first-order chi connectivity index (χ1) is 10.5.